The molecule has 0 spiro atoms. The Morgan fingerprint density at radius 2 is 1.78 bits per heavy atom. The van der Waals surface area contributed by atoms with Crippen molar-refractivity contribution in [3.63, 3.8) is 0 Å². The third kappa shape index (κ3) is 7.01. The van der Waals surface area contributed by atoms with Crippen LogP contribution >= 0.6 is 0 Å². The molecule has 1 N–H and O–H groups in total. The number of benzene rings is 2. The van der Waals surface area contributed by atoms with Crippen molar-refractivity contribution in [2.24, 2.45) is 5.92 Å². The van der Waals surface area contributed by atoms with Gasteiger partial charge in [0.05, 0.1) is 6.04 Å². The van der Waals surface area contributed by atoms with E-state index in [-0.39, 0.29) is 24.3 Å². The molecule has 5 rings (SSSR count). The molecule has 1 aliphatic heterocycles. The van der Waals surface area contributed by atoms with Gasteiger partial charge in [-0.3, -0.25) is 4.79 Å². The van der Waals surface area contributed by atoms with Crippen LogP contribution in [0, 0.1) is 17.6 Å². The van der Waals surface area contributed by atoms with Gasteiger partial charge in [-0.15, -0.1) is 0 Å². The summed E-state index contributed by atoms with van der Waals surface area (Å²) in [4.78, 5) is 19.6. The summed E-state index contributed by atoms with van der Waals surface area (Å²) in [6.07, 6.45) is 7.11. The maximum absolute atomic E-state index is 13.5. The molecule has 1 amide bonds. The lowest BCUT2D eigenvalue weighted by Crippen LogP contribution is -2.37. The lowest BCUT2D eigenvalue weighted by atomic mass is 9.83. The van der Waals surface area contributed by atoms with Crippen LogP contribution in [0.5, 0.6) is 0 Å². The monoisotopic (exact) mass is 508 g/mol. The van der Waals surface area contributed by atoms with Crippen LogP contribution in [-0.2, 0) is 11.2 Å². The molecule has 1 saturated heterocycles. The molecule has 1 atom stereocenters. The van der Waals surface area contributed by atoms with Crippen molar-refractivity contribution in [2.45, 2.75) is 63.3 Å². The highest BCUT2D eigenvalue weighted by Crippen LogP contribution is 2.30. The van der Waals surface area contributed by atoms with E-state index in [1.54, 1.807) is 0 Å². The van der Waals surface area contributed by atoms with E-state index in [1.807, 2.05) is 18.2 Å². The molecule has 0 bridgehead atoms. The maximum Gasteiger partial charge on any atom is 0.229 e. The summed E-state index contributed by atoms with van der Waals surface area (Å²) >= 11 is 0. The van der Waals surface area contributed by atoms with Crippen LogP contribution in [0.15, 0.2) is 53.1 Å². The number of hydrogen-bond donors (Lipinski definition) is 1. The van der Waals surface area contributed by atoms with Gasteiger partial charge in [0.15, 0.2) is 5.82 Å². The summed E-state index contributed by atoms with van der Waals surface area (Å²) in [7, 11) is 0. The van der Waals surface area contributed by atoms with Crippen molar-refractivity contribution in [3.05, 3.63) is 83.0 Å². The van der Waals surface area contributed by atoms with E-state index in [0.29, 0.717) is 29.6 Å². The summed E-state index contributed by atoms with van der Waals surface area (Å²) in [5, 5.41) is 7.32. The van der Waals surface area contributed by atoms with Crippen LogP contribution in [0.25, 0.3) is 0 Å². The summed E-state index contributed by atoms with van der Waals surface area (Å²) < 4.78 is 32.4. The van der Waals surface area contributed by atoms with Crippen LogP contribution in [0.3, 0.4) is 0 Å². The second-order valence-electron chi connectivity index (χ2n) is 10.4. The average molecular weight is 509 g/mol. The molecule has 0 unspecified atom stereocenters. The van der Waals surface area contributed by atoms with Gasteiger partial charge in [0.1, 0.15) is 11.6 Å². The van der Waals surface area contributed by atoms with Crippen molar-refractivity contribution in [2.75, 3.05) is 19.6 Å². The summed E-state index contributed by atoms with van der Waals surface area (Å²) in [6.45, 7) is 2.72. The Labute approximate surface area is 216 Å². The molecule has 196 valence electrons. The number of piperidine rings is 1. The van der Waals surface area contributed by atoms with Crippen molar-refractivity contribution >= 4 is 5.91 Å². The molecule has 0 radical (unpaired) electrons. The van der Waals surface area contributed by atoms with Crippen LogP contribution in [0.1, 0.15) is 79.7 Å². The molecule has 37 heavy (non-hydrogen) atoms. The first-order valence-electron chi connectivity index (χ1n) is 13.4. The second kappa shape index (κ2) is 11.9. The third-order valence-electron chi connectivity index (χ3n) is 7.68. The highest BCUT2D eigenvalue weighted by molar-refractivity contribution is 5.76. The fourth-order valence-electron chi connectivity index (χ4n) is 5.34. The lowest BCUT2D eigenvalue weighted by Gasteiger charge is -2.32. The number of nitrogens with zero attached hydrogens (tertiary/aromatic N) is 3. The van der Waals surface area contributed by atoms with Crippen LogP contribution in [0.4, 0.5) is 8.78 Å². The van der Waals surface area contributed by atoms with Crippen molar-refractivity contribution in [3.8, 4) is 0 Å². The van der Waals surface area contributed by atoms with Gasteiger partial charge in [0, 0.05) is 31.4 Å². The first-order chi connectivity index (χ1) is 18.0. The number of amides is 1. The minimum Gasteiger partial charge on any atom is -0.349 e. The van der Waals surface area contributed by atoms with Crippen LogP contribution in [-0.4, -0.2) is 40.6 Å². The van der Waals surface area contributed by atoms with Gasteiger partial charge < -0.3 is 14.7 Å². The summed E-state index contributed by atoms with van der Waals surface area (Å²) in [6, 6.07) is 13.7. The van der Waals surface area contributed by atoms with E-state index in [0.717, 1.165) is 50.5 Å². The maximum atomic E-state index is 13.5. The Morgan fingerprint density at radius 3 is 2.46 bits per heavy atom. The first kappa shape index (κ1) is 25.5. The van der Waals surface area contributed by atoms with E-state index >= 15 is 0 Å². The highest BCUT2D eigenvalue weighted by Gasteiger charge is 2.27. The van der Waals surface area contributed by atoms with Gasteiger partial charge in [0.2, 0.25) is 11.8 Å². The third-order valence-corrected chi connectivity index (χ3v) is 7.68. The Kier molecular flexibility index (Phi) is 8.24. The smallest absolute Gasteiger partial charge is 0.229 e. The van der Waals surface area contributed by atoms with Crippen molar-refractivity contribution in [1.29, 1.82) is 0 Å². The Hall–Kier alpha value is -3.13. The quantitative estimate of drug-likeness (QED) is 0.389. The predicted octanol–water partition coefficient (Wildman–Crippen LogP) is 5.56. The Morgan fingerprint density at radius 1 is 1.05 bits per heavy atom. The normalized spacial score (nSPS) is 17.9. The first-order valence-corrected chi connectivity index (χ1v) is 13.4. The largest absolute Gasteiger partial charge is 0.349 e. The molecule has 1 aliphatic carbocycles. The van der Waals surface area contributed by atoms with E-state index in [4.69, 9.17) is 4.52 Å². The van der Waals surface area contributed by atoms with Gasteiger partial charge in [-0.25, -0.2) is 8.78 Å². The fourth-order valence-corrected chi connectivity index (χ4v) is 5.34. The number of nitrogens with one attached hydrogen (secondary N) is 1. The molecule has 2 heterocycles. The predicted molar refractivity (Wildman–Crippen MR) is 136 cm³/mol. The molecule has 2 aliphatic rings. The van der Waals surface area contributed by atoms with Gasteiger partial charge in [-0.2, -0.15) is 4.98 Å². The summed E-state index contributed by atoms with van der Waals surface area (Å²) in [5.41, 5.74) is 1.63. The molecule has 8 heteroatoms. The molecule has 3 aromatic rings. The number of hydrogen-bond acceptors (Lipinski definition) is 5. The van der Waals surface area contributed by atoms with E-state index in [2.05, 4.69) is 32.5 Å². The molecular formula is C29H34F2N4O2. The lowest BCUT2D eigenvalue weighted by molar-refractivity contribution is -0.123. The van der Waals surface area contributed by atoms with E-state index in [9.17, 15) is 13.6 Å². The number of aromatic nitrogens is 2. The molecule has 2 aromatic carbocycles. The van der Waals surface area contributed by atoms with Crippen molar-refractivity contribution < 1.29 is 18.1 Å². The zero-order valence-corrected chi connectivity index (χ0v) is 21.0. The number of carbonyl (C=O) groups excluding carboxylic acids is 1. The van der Waals surface area contributed by atoms with Gasteiger partial charge in [0.25, 0.3) is 0 Å². The van der Waals surface area contributed by atoms with Crippen molar-refractivity contribution in [1.82, 2.24) is 20.4 Å². The topological polar surface area (TPSA) is 71.3 Å². The van der Waals surface area contributed by atoms with Gasteiger partial charge in [-0.05, 0) is 74.4 Å². The number of likely N-dealkylation sites (tertiary alicyclic amines) is 1. The standard InChI is InChI=1S/C29H34F2N4O2/c30-24-15-21(16-25(31)19-24)17-27-33-29(37-34-27)23-9-12-35(13-10-23)14-11-26(22-7-2-1-3-8-22)32-28(36)18-20-5-4-6-20/h1-3,7-8,15-16,19-20,23,26H,4-6,9-14,17-18H2,(H,32,36)/t26-/m0/s1. The Balaban J connectivity index is 1.11. The van der Waals surface area contributed by atoms with E-state index < -0.39 is 11.6 Å². The fraction of sp³-hybridized carbons (Fsp3) is 0.483. The molecule has 1 aromatic heterocycles. The SMILES string of the molecule is O=C(CC1CCC1)N[C@@H](CCN1CCC(c2nc(Cc3cc(F)cc(F)c3)no2)CC1)c1ccccc1. The Bertz CT molecular complexity index is 1150. The van der Waals surface area contributed by atoms with E-state index in [1.165, 1.54) is 31.4 Å². The number of rotatable bonds is 10. The minimum absolute atomic E-state index is 0.0117. The number of carbonyl (C=O) groups is 1. The zero-order chi connectivity index (χ0) is 25.6. The second-order valence-corrected chi connectivity index (χ2v) is 10.4. The number of halogens is 2. The van der Waals surface area contributed by atoms with Gasteiger partial charge >= 0.3 is 0 Å². The summed E-state index contributed by atoms with van der Waals surface area (Å²) in [5.74, 6) is 0.690. The minimum atomic E-state index is -0.612. The molecule has 2 fully saturated rings. The highest BCUT2D eigenvalue weighted by atomic mass is 19.1. The van der Waals surface area contributed by atoms with Crippen LogP contribution in [0.2, 0.25) is 0 Å². The average Bonchev–Trinajstić information content (AvgIpc) is 3.32. The molecule has 1 saturated carbocycles. The van der Waals surface area contributed by atoms with Crippen LogP contribution < -0.4 is 5.32 Å². The van der Waals surface area contributed by atoms with Gasteiger partial charge in [-0.1, -0.05) is 41.9 Å². The zero-order valence-electron chi connectivity index (χ0n) is 21.0. The molecular weight excluding hydrogens is 474 g/mol. The molecule has 6 nitrogen and oxygen atoms in total.